The van der Waals surface area contributed by atoms with Gasteiger partial charge in [0.25, 0.3) is 5.91 Å². The minimum Gasteiger partial charge on any atom is -0.397 e. The van der Waals surface area contributed by atoms with Crippen LogP contribution in [0.5, 0.6) is 0 Å². The largest absolute Gasteiger partial charge is 0.397 e. The van der Waals surface area contributed by atoms with Crippen LogP contribution in [0.15, 0.2) is 36.4 Å². The molecular weight excluding hydrogens is 392 g/mol. The molecule has 1 aliphatic heterocycles. The highest BCUT2D eigenvalue weighted by molar-refractivity contribution is 7.21. The number of benzene rings is 1. The molecule has 0 bridgehead atoms. The van der Waals surface area contributed by atoms with Gasteiger partial charge in [-0.15, -0.1) is 11.3 Å². The highest BCUT2D eigenvalue weighted by Gasteiger charge is 2.44. The number of pyridine rings is 1. The van der Waals surface area contributed by atoms with Crippen LogP contribution in [-0.2, 0) is 6.42 Å². The Hall–Kier alpha value is -2.60. The lowest BCUT2D eigenvalue weighted by atomic mass is 9.78. The van der Waals surface area contributed by atoms with E-state index in [1.807, 2.05) is 19.1 Å². The number of amides is 1. The van der Waals surface area contributed by atoms with Gasteiger partial charge in [-0.3, -0.25) is 4.79 Å². The fourth-order valence-corrected chi connectivity index (χ4v) is 5.98. The molecule has 3 N–H and O–H groups in total. The van der Waals surface area contributed by atoms with E-state index in [1.165, 1.54) is 61.4 Å². The van der Waals surface area contributed by atoms with Gasteiger partial charge in [0, 0.05) is 41.8 Å². The number of aromatic nitrogens is 1. The average molecular weight is 421 g/mol. The third-order valence-corrected chi connectivity index (χ3v) is 7.77. The minimum atomic E-state index is -0.118. The second-order valence-electron chi connectivity index (χ2n) is 8.89. The number of nitrogens with two attached hydrogens (primary N) is 1. The molecule has 1 saturated heterocycles. The van der Waals surface area contributed by atoms with Gasteiger partial charge in [0.2, 0.25) is 0 Å². The van der Waals surface area contributed by atoms with Crippen LogP contribution in [0.1, 0.15) is 46.6 Å². The molecule has 3 heterocycles. The highest BCUT2D eigenvalue weighted by Crippen LogP contribution is 2.46. The lowest BCUT2D eigenvalue weighted by Crippen LogP contribution is -2.55. The van der Waals surface area contributed by atoms with E-state index in [0.29, 0.717) is 22.5 Å². The third kappa shape index (κ3) is 3.54. The van der Waals surface area contributed by atoms with Gasteiger partial charge in [0.1, 0.15) is 9.71 Å². The predicted molar refractivity (Wildman–Crippen MR) is 124 cm³/mol. The van der Waals surface area contributed by atoms with Crippen LogP contribution in [0.25, 0.3) is 10.2 Å². The molecule has 6 heteroatoms. The number of thiophene rings is 1. The summed E-state index contributed by atoms with van der Waals surface area (Å²) in [6.07, 6.45) is 6.42. The van der Waals surface area contributed by atoms with Crippen LogP contribution in [0.3, 0.4) is 0 Å². The first-order valence-corrected chi connectivity index (χ1v) is 11.6. The molecule has 3 aromatic rings. The van der Waals surface area contributed by atoms with Gasteiger partial charge in [0.15, 0.2) is 0 Å². The van der Waals surface area contributed by atoms with Gasteiger partial charge < -0.3 is 16.0 Å². The fraction of sp³-hybridized carbons (Fsp3) is 0.417. The standard InChI is InChI=1S/C24H28N4OS/c1-16-4-9-19-20(25)21(30-23(19)27-16)22(29)26-13-10-17-5-7-18(8-6-17)28-14-24(15-28)11-2-3-12-24/h4-9H,2-3,10-15,25H2,1H3,(H,26,29). The van der Waals surface area contributed by atoms with Crippen LogP contribution in [0.4, 0.5) is 11.4 Å². The van der Waals surface area contributed by atoms with E-state index >= 15 is 0 Å². The van der Waals surface area contributed by atoms with Crippen molar-refractivity contribution in [2.45, 2.75) is 39.0 Å². The summed E-state index contributed by atoms with van der Waals surface area (Å²) >= 11 is 1.36. The Labute approximate surface area is 181 Å². The molecular formula is C24H28N4OS. The Kier molecular flexibility index (Phi) is 4.89. The van der Waals surface area contributed by atoms with E-state index in [9.17, 15) is 4.79 Å². The van der Waals surface area contributed by atoms with Crippen LogP contribution >= 0.6 is 11.3 Å². The Balaban J connectivity index is 1.15. The van der Waals surface area contributed by atoms with E-state index in [-0.39, 0.29) is 5.91 Å². The number of carbonyl (C=O) groups is 1. The van der Waals surface area contributed by atoms with Crippen molar-refractivity contribution in [2.24, 2.45) is 5.41 Å². The second kappa shape index (κ2) is 7.58. The van der Waals surface area contributed by atoms with Crippen molar-refractivity contribution in [1.29, 1.82) is 0 Å². The molecule has 2 aromatic heterocycles. The van der Waals surface area contributed by atoms with Crippen molar-refractivity contribution in [1.82, 2.24) is 10.3 Å². The second-order valence-corrected chi connectivity index (χ2v) is 9.88. The molecule has 2 aliphatic rings. The highest BCUT2D eigenvalue weighted by atomic mass is 32.1. The minimum absolute atomic E-state index is 0.118. The molecule has 1 aromatic carbocycles. The maximum absolute atomic E-state index is 12.6. The summed E-state index contributed by atoms with van der Waals surface area (Å²) in [6, 6.07) is 12.7. The van der Waals surface area contributed by atoms with Crippen LogP contribution in [0.2, 0.25) is 0 Å². The molecule has 1 spiro atoms. The Morgan fingerprint density at radius 1 is 1.17 bits per heavy atom. The smallest absolute Gasteiger partial charge is 0.263 e. The molecule has 2 fully saturated rings. The lowest BCUT2D eigenvalue weighted by molar-refractivity contribution is 0.0959. The summed E-state index contributed by atoms with van der Waals surface area (Å²) < 4.78 is 0. The summed E-state index contributed by atoms with van der Waals surface area (Å²) in [5.41, 5.74) is 10.8. The maximum atomic E-state index is 12.6. The van der Waals surface area contributed by atoms with Crippen molar-refractivity contribution >= 4 is 38.8 Å². The van der Waals surface area contributed by atoms with E-state index in [1.54, 1.807) is 0 Å². The lowest BCUT2D eigenvalue weighted by Gasteiger charge is -2.49. The first kappa shape index (κ1) is 19.4. The number of hydrogen-bond acceptors (Lipinski definition) is 5. The van der Waals surface area contributed by atoms with Crippen molar-refractivity contribution < 1.29 is 4.79 Å². The first-order chi connectivity index (χ1) is 14.5. The average Bonchev–Trinajstić information content (AvgIpc) is 3.33. The van der Waals surface area contributed by atoms with E-state index in [4.69, 9.17) is 5.73 Å². The molecule has 0 radical (unpaired) electrons. The molecule has 5 rings (SSSR count). The summed E-state index contributed by atoms with van der Waals surface area (Å²) in [5, 5.41) is 3.87. The molecule has 156 valence electrons. The number of hydrogen-bond donors (Lipinski definition) is 2. The predicted octanol–water partition coefficient (Wildman–Crippen LogP) is 4.54. The van der Waals surface area contributed by atoms with Crippen molar-refractivity contribution in [3.05, 3.63) is 52.5 Å². The van der Waals surface area contributed by atoms with Crippen LogP contribution in [-0.4, -0.2) is 30.5 Å². The van der Waals surface area contributed by atoms with E-state index in [0.717, 1.165) is 22.3 Å². The maximum Gasteiger partial charge on any atom is 0.263 e. The molecule has 1 saturated carbocycles. The zero-order chi connectivity index (χ0) is 20.7. The van der Waals surface area contributed by atoms with Crippen molar-refractivity contribution in [3.63, 3.8) is 0 Å². The number of carbonyl (C=O) groups excluding carboxylic acids is 1. The number of fused-ring (bicyclic) bond motifs is 1. The fourth-order valence-electron chi connectivity index (χ4n) is 4.92. The Morgan fingerprint density at radius 2 is 1.90 bits per heavy atom. The van der Waals surface area contributed by atoms with E-state index < -0.39 is 0 Å². The number of nitrogens with zero attached hydrogens (tertiary/aromatic N) is 2. The van der Waals surface area contributed by atoms with Gasteiger partial charge in [-0.2, -0.15) is 0 Å². The number of anilines is 2. The molecule has 30 heavy (non-hydrogen) atoms. The molecule has 0 atom stereocenters. The van der Waals surface area contributed by atoms with Crippen LogP contribution < -0.4 is 16.0 Å². The SMILES string of the molecule is Cc1ccc2c(N)c(C(=O)NCCc3ccc(N4CC5(CCCC5)C4)cc3)sc2n1. The van der Waals surface area contributed by atoms with Gasteiger partial charge >= 0.3 is 0 Å². The third-order valence-electron chi connectivity index (χ3n) is 6.66. The normalized spacial score (nSPS) is 17.4. The summed E-state index contributed by atoms with van der Waals surface area (Å²) in [5.74, 6) is -0.118. The molecule has 0 unspecified atom stereocenters. The number of aryl methyl sites for hydroxylation is 1. The first-order valence-electron chi connectivity index (χ1n) is 10.8. The van der Waals surface area contributed by atoms with Gasteiger partial charge in [-0.1, -0.05) is 25.0 Å². The molecule has 1 amide bonds. The topological polar surface area (TPSA) is 71.2 Å². The van der Waals surface area contributed by atoms with Gasteiger partial charge in [-0.25, -0.2) is 4.98 Å². The monoisotopic (exact) mass is 420 g/mol. The zero-order valence-corrected chi connectivity index (χ0v) is 18.2. The molecule has 5 nitrogen and oxygen atoms in total. The van der Waals surface area contributed by atoms with Gasteiger partial charge in [0.05, 0.1) is 5.69 Å². The summed E-state index contributed by atoms with van der Waals surface area (Å²) in [6.45, 7) is 4.96. The number of nitrogen functional groups attached to an aromatic ring is 1. The summed E-state index contributed by atoms with van der Waals surface area (Å²) in [4.78, 5) is 21.0. The Bertz CT molecular complexity index is 1070. The Morgan fingerprint density at radius 3 is 2.63 bits per heavy atom. The van der Waals surface area contributed by atoms with Crippen molar-refractivity contribution in [3.8, 4) is 0 Å². The summed E-state index contributed by atoms with van der Waals surface area (Å²) in [7, 11) is 0. The zero-order valence-electron chi connectivity index (χ0n) is 17.4. The van der Waals surface area contributed by atoms with Crippen LogP contribution in [0, 0.1) is 12.3 Å². The molecule has 1 aliphatic carbocycles. The van der Waals surface area contributed by atoms with Gasteiger partial charge in [-0.05, 0) is 56.0 Å². The number of rotatable bonds is 5. The van der Waals surface area contributed by atoms with Crippen molar-refractivity contribution in [2.75, 3.05) is 30.3 Å². The van der Waals surface area contributed by atoms with E-state index in [2.05, 4.69) is 39.5 Å². The number of nitrogens with one attached hydrogen (secondary N) is 1. The quantitative estimate of drug-likeness (QED) is 0.636.